The Hall–Kier alpha value is -1.37. The predicted octanol–water partition coefficient (Wildman–Crippen LogP) is 4.16. The summed E-state index contributed by atoms with van der Waals surface area (Å²) in [7, 11) is -2.78. The Morgan fingerprint density at radius 3 is 1.86 bits per heavy atom. The summed E-state index contributed by atoms with van der Waals surface area (Å²) in [6.07, 6.45) is 2.07. The van der Waals surface area contributed by atoms with Crippen LogP contribution in [0.3, 0.4) is 0 Å². The minimum atomic E-state index is -2.78. The maximum atomic E-state index is 13.8. The highest BCUT2D eigenvalue weighted by Gasteiger charge is 2.34. The fourth-order valence-electron chi connectivity index (χ4n) is 2.37. The van der Waals surface area contributed by atoms with Crippen LogP contribution in [0.4, 0.5) is 0 Å². The highest BCUT2D eigenvalue weighted by molar-refractivity contribution is 7.79. The lowest BCUT2D eigenvalue weighted by Crippen LogP contribution is -2.26. The van der Waals surface area contributed by atoms with Crippen LogP contribution in [-0.4, -0.2) is 12.5 Å². The standard InChI is InChI=1S/C18H23O2P/c1-3-4-15-20-16(2)21(19,17-11-7-5-8-12-17)18-13-9-6-10-14-18/h5-14,16H,3-4,15H2,1-2H3. The van der Waals surface area contributed by atoms with Crippen molar-refractivity contribution in [2.75, 3.05) is 6.61 Å². The molecule has 0 saturated carbocycles. The molecule has 0 aromatic heterocycles. The van der Waals surface area contributed by atoms with E-state index in [9.17, 15) is 4.57 Å². The maximum absolute atomic E-state index is 13.8. The number of unbranched alkanes of at least 4 members (excludes halogenated alkanes) is 1. The number of ether oxygens (including phenoxy) is 1. The molecular formula is C18H23O2P. The van der Waals surface area contributed by atoms with Crippen LogP contribution in [0, 0.1) is 0 Å². The van der Waals surface area contributed by atoms with Gasteiger partial charge < -0.3 is 9.30 Å². The molecule has 21 heavy (non-hydrogen) atoms. The molecule has 0 aliphatic heterocycles. The molecule has 0 N–H and O–H groups in total. The van der Waals surface area contributed by atoms with E-state index < -0.39 is 7.14 Å². The fraction of sp³-hybridized carbons (Fsp3) is 0.333. The van der Waals surface area contributed by atoms with Crippen LogP contribution in [-0.2, 0) is 9.30 Å². The van der Waals surface area contributed by atoms with Crippen LogP contribution in [0.2, 0.25) is 0 Å². The summed E-state index contributed by atoms with van der Waals surface area (Å²) in [5.41, 5.74) is 0. The first kappa shape index (κ1) is 16.0. The quantitative estimate of drug-likeness (QED) is 0.567. The molecule has 0 saturated heterocycles. The van der Waals surface area contributed by atoms with E-state index in [2.05, 4.69) is 6.92 Å². The first-order valence-corrected chi connectivity index (χ1v) is 9.29. The molecule has 2 aromatic carbocycles. The van der Waals surface area contributed by atoms with Gasteiger partial charge in [0.05, 0.1) is 0 Å². The average molecular weight is 302 g/mol. The zero-order valence-corrected chi connectivity index (χ0v) is 13.6. The summed E-state index contributed by atoms with van der Waals surface area (Å²) in [5, 5.41) is 1.72. The fourth-order valence-corrected chi connectivity index (χ4v) is 5.05. The Labute approximate surface area is 127 Å². The van der Waals surface area contributed by atoms with Crippen molar-refractivity contribution in [3.05, 3.63) is 60.7 Å². The Balaban J connectivity index is 2.38. The van der Waals surface area contributed by atoms with Gasteiger partial charge in [0.2, 0.25) is 0 Å². The number of rotatable bonds is 7. The van der Waals surface area contributed by atoms with Crippen molar-refractivity contribution in [2.45, 2.75) is 32.5 Å². The van der Waals surface area contributed by atoms with Crippen molar-refractivity contribution >= 4 is 17.8 Å². The zero-order valence-electron chi connectivity index (χ0n) is 12.7. The summed E-state index contributed by atoms with van der Waals surface area (Å²) in [6.45, 7) is 4.71. The zero-order chi connectivity index (χ0) is 15.1. The molecule has 0 aliphatic rings. The van der Waals surface area contributed by atoms with Crippen LogP contribution in [0.5, 0.6) is 0 Å². The molecule has 2 nitrogen and oxygen atoms in total. The van der Waals surface area contributed by atoms with Crippen LogP contribution < -0.4 is 10.6 Å². The van der Waals surface area contributed by atoms with Gasteiger partial charge in [0.25, 0.3) is 0 Å². The molecule has 2 rings (SSSR count). The van der Waals surface area contributed by atoms with Gasteiger partial charge in [0, 0.05) is 17.2 Å². The van der Waals surface area contributed by atoms with Crippen molar-refractivity contribution in [1.82, 2.24) is 0 Å². The molecule has 1 atom stereocenters. The molecule has 2 aromatic rings. The van der Waals surface area contributed by atoms with Crippen LogP contribution in [0.1, 0.15) is 26.7 Å². The molecule has 0 aliphatic carbocycles. The molecule has 0 fully saturated rings. The summed E-state index contributed by atoms with van der Waals surface area (Å²) < 4.78 is 19.7. The Morgan fingerprint density at radius 2 is 1.43 bits per heavy atom. The van der Waals surface area contributed by atoms with Crippen LogP contribution >= 0.6 is 7.14 Å². The van der Waals surface area contributed by atoms with Gasteiger partial charge in [-0.1, -0.05) is 74.0 Å². The van der Waals surface area contributed by atoms with Crippen LogP contribution in [0.25, 0.3) is 0 Å². The van der Waals surface area contributed by atoms with Gasteiger partial charge in [-0.25, -0.2) is 0 Å². The molecule has 1 unspecified atom stereocenters. The summed E-state index contributed by atoms with van der Waals surface area (Å²) in [6, 6.07) is 19.4. The first-order valence-electron chi connectivity index (χ1n) is 7.52. The Morgan fingerprint density at radius 1 is 0.952 bits per heavy atom. The van der Waals surface area contributed by atoms with Crippen molar-refractivity contribution in [1.29, 1.82) is 0 Å². The maximum Gasteiger partial charge on any atom is 0.170 e. The van der Waals surface area contributed by atoms with Crippen molar-refractivity contribution in [2.24, 2.45) is 0 Å². The number of hydrogen-bond acceptors (Lipinski definition) is 2. The van der Waals surface area contributed by atoms with Crippen molar-refractivity contribution in [3.8, 4) is 0 Å². The van der Waals surface area contributed by atoms with E-state index in [1.54, 1.807) is 0 Å². The topological polar surface area (TPSA) is 26.3 Å². The lowest BCUT2D eigenvalue weighted by atomic mass is 10.4. The van der Waals surface area contributed by atoms with E-state index in [4.69, 9.17) is 4.74 Å². The second-order valence-corrected chi connectivity index (χ2v) is 8.23. The third kappa shape index (κ3) is 3.64. The highest BCUT2D eigenvalue weighted by atomic mass is 31.2. The smallest absolute Gasteiger partial charge is 0.170 e. The van der Waals surface area contributed by atoms with Gasteiger partial charge in [-0.2, -0.15) is 0 Å². The second-order valence-electron chi connectivity index (χ2n) is 5.15. The number of benzene rings is 2. The molecule has 3 heteroatoms. The lowest BCUT2D eigenvalue weighted by Gasteiger charge is -2.26. The van der Waals surface area contributed by atoms with Gasteiger partial charge in [-0.15, -0.1) is 0 Å². The summed E-state index contributed by atoms with van der Waals surface area (Å²) >= 11 is 0. The molecular weight excluding hydrogens is 279 g/mol. The van der Waals surface area contributed by atoms with Crippen molar-refractivity contribution < 1.29 is 9.30 Å². The Bertz CT molecular complexity index is 537. The highest BCUT2D eigenvalue weighted by Crippen LogP contribution is 2.48. The SMILES string of the molecule is CCCCOC(C)P(=O)(c1ccccc1)c1ccccc1. The first-order chi connectivity index (χ1) is 10.2. The van der Waals surface area contributed by atoms with E-state index in [-0.39, 0.29) is 5.85 Å². The summed E-state index contributed by atoms with van der Waals surface area (Å²) in [5.74, 6) is -0.311. The van der Waals surface area contributed by atoms with E-state index in [0.717, 1.165) is 23.5 Å². The van der Waals surface area contributed by atoms with Gasteiger partial charge in [-0.05, 0) is 13.3 Å². The van der Waals surface area contributed by atoms with E-state index in [1.807, 2.05) is 67.6 Å². The second kappa shape index (κ2) is 7.59. The van der Waals surface area contributed by atoms with E-state index in [1.165, 1.54) is 0 Å². The lowest BCUT2D eigenvalue weighted by molar-refractivity contribution is 0.114. The van der Waals surface area contributed by atoms with Crippen LogP contribution in [0.15, 0.2) is 60.7 Å². The molecule has 0 amide bonds. The third-order valence-electron chi connectivity index (χ3n) is 3.65. The molecule has 0 radical (unpaired) electrons. The van der Waals surface area contributed by atoms with E-state index in [0.29, 0.717) is 6.61 Å². The van der Waals surface area contributed by atoms with E-state index >= 15 is 0 Å². The molecule has 0 spiro atoms. The average Bonchev–Trinajstić information content (AvgIpc) is 2.56. The minimum absolute atomic E-state index is 0.311. The normalized spacial score (nSPS) is 13.0. The van der Waals surface area contributed by atoms with Gasteiger partial charge in [-0.3, -0.25) is 0 Å². The molecule has 112 valence electrons. The van der Waals surface area contributed by atoms with Crippen molar-refractivity contribution in [3.63, 3.8) is 0 Å². The van der Waals surface area contributed by atoms with Gasteiger partial charge in [0.15, 0.2) is 7.14 Å². The monoisotopic (exact) mass is 302 g/mol. The Kier molecular flexibility index (Phi) is 5.78. The number of hydrogen-bond donors (Lipinski definition) is 0. The third-order valence-corrected chi connectivity index (χ3v) is 6.95. The van der Waals surface area contributed by atoms with Gasteiger partial charge in [0.1, 0.15) is 5.85 Å². The summed E-state index contributed by atoms with van der Waals surface area (Å²) in [4.78, 5) is 0. The molecule has 0 heterocycles. The van der Waals surface area contributed by atoms with Gasteiger partial charge >= 0.3 is 0 Å². The largest absolute Gasteiger partial charge is 0.370 e. The predicted molar refractivity (Wildman–Crippen MR) is 90.1 cm³/mol. The minimum Gasteiger partial charge on any atom is -0.370 e. The molecule has 0 bridgehead atoms.